The fraction of sp³-hybridized carbons (Fsp3) is 0.100. The van der Waals surface area contributed by atoms with E-state index in [0.717, 1.165) is 5.56 Å². The molecule has 0 aliphatic heterocycles. The van der Waals surface area contributed by atoms with Crippen LogP contribution in [0.2, 0.25) is 0 Å². The third-order valence-corrected chi connectivity index (χ3v) is 3.78. The quantitative estimate of drug-likeness (QED) is 0.711. The fourth-order valence-electron chi connectivity index (χ4n) is 2.45. The van der Waals surface area contributed by atoms with Gasteiger partial charge < -0.3 is 15.1 Å². The van der Waals surface area contributed by atoms with E-state index in [4.69, 9.17) is 4.42 Å². The van der Waals surface area contributed by atoms with Crippen molar-refractivity contribution in [2.45, 2.75) is 6.42 Å². The molecule has 132 valence electrons. The van der Waals surface area contributed by atoms with Crippen LogP contribution in [0.15, 0.2) is 71.3 Å². The Balaban J connectivity index is 1.62. The summed E-state index contributed by atoms with van der Waals surface area (Å²) in [6, 6.07) is 16.0. The highest BCUT2D eigenvalue weighted by Crippen LogP contribution is 2.16. The number of nitrogens with one attached hydrogen (secondary N) is 2. The molecule has 2 amide bonds. The van der Waals surface area contributed by atoms with Gasteiger partial charge in [-0.05, 0) is 48.4 Å². The van der Waals surface area contributed by atoms with Gasteiger partial charge in [-0.15, -0.1) is 0 Å². The first kappa shape index (κ1) is 17.4. The molecule has 0 atom stereocenters. The molecule has 0 radical (unpaired) electrons. The minimum Gasteiger partial charge on any atom is -0.459 e. The lowest BCUT2D eigenvalue weighted by molar-refractivity contribution is 0.0955. The Labute approximate surface area is 149 Å². The van der Waals surface area contributed by atoms with Crippen molar-refractivity contribution in [1.82, 2.24) is 5.32 Å². The Hall–Kier alpha value is -3.41. The lowest BCUT2D eigenvalue weighted by Crippen LogP contribution is -2.27. The summed E-state index contributed by atoms with van der Waals surface area (Å²) in [5, 5.41) is 5.48. The highest BCUT2D eigenvalue weighted by molar-refractivity contribution is 6.07. The van der Waals surface area contributed by atoms with Crippen LogP contribution in [-0.2, 0) is 6.42 Å². The third kappa shape index (κ3) is 4.36. The van der Waals surface area contributed by atoms with Crippen LogP contribution in [0, 0.1) is 5.82 Å². The molecular weight excluding hydrogens is 335 g/mol. The van der Waals surface area contributed by atoms with Gasteiger partial charge >= 0.3 is 0 Å². The number of carbonyl (C=O) groups is 2. The Morgan fingerprint density at radius 3 is 2.42 bits per heavy atom. The molecule has 6 heteroatoms. The van der Waals surface area contributed by atoms with Crippen LogP contribution >= 0.6 is 0 Å². The van der Waals surface area contributed by atoms with E-state index in [-0.39, 0.29) is 17.5 Å². The normalized spacial score (nSPS) is 10.3. The van der Waals surface area contributed by atoms with Crippen molar-refractivity contribution >= 4 is 17.5 Å². The van der Waals surface area contributed by atoms with Gasteiger partial charge in [0.2, 0.25) is 0 Å². The molecule has 0 aliphatic carbocycles. The molecule has 1 heterocycles. The molecule has 2 N–H and O–H groups in total. The predicted octanol–water partition coefficient (Wildman–Crippen LogP) is 3.64. The van der Waals surface area contributed by atoms with Gasteiger partial charge in [0.1, 0.15) is 5.82 Å². The molecule has 0 spiro atoms. The summed E-state index contributed by atoms with van der Waals surface area (Å²) >= 11 is 0. The summed E-state index contributed by atoms with van der Waals surface area (Å²) in [5.41, 5.74) is 1.67. The van der Waals surface area contributed by atoms with Crippen molar-refractivity contribution in [3.8, 4) is 0 Å². The molecule has 1 aromatic heterocycles. The van der Waals surface area contributed by atoms with Gasteiger partial charge in [0.15, 0.2) is 5.76 Å². The molecule has 0 saturated heterocycles. The van der Waals surface area contributed by atoms with Crippen LogP contribution in [0.3, 0.4) is 0 Å². The van der Waals surface area contributed by atoms with Gasteiger partial charge in [0, 0.05) is 6.54 Å². The molecule has 0 aliphatic rings. The summed E-state index contributed by atoms with van der Waals surface area (Å²) in [5.74, 6) is -0.862. The van der Waals surface area contributed by atoms with E-state index in [0.29, 0.717) is 24.2 Å². The monoisotopic (exact) mass is 352 g/mol. The number of benzene rings is 2. The molecule has 0 saturated carbocycles. The molecule has 5 nitrogen and oxygen atoms in total. The van der Waals surface area contributed by atoms with Crippen LogP contribution in [0.5, 0.6) is 0 Å². The molecule has 3 aromatic rings. The van der Waals surface area contributed by atoms with Gasteiger partial charge in [-0.2, -0.15) is 0 Å². The topological polar surface area (TPSA) is 71.3 Å². The summed E-state index contributed by atoms with van der Waals surface area (Å²) in [6.07, 6.45) is 1.98. The van der Waals surface area contributed by atoms with Gasteiger partial charge in [-0.1, -0.05) is 24.3 Å². The highest BCUT2D eigenvalue weighted by Gasteiger charge is 2.15. The smallest absolute Gasteiger partial charge is 0.291 e. The standard InChI is InChI=1S/C20H17FN2O3/c21-15-9-7-14(8-10-15)11-12-22-19(24)16-4-1-2-5-17(16)23-20(25)18-6-3-13-26-18/h1-10,13H,11-12H2,(H,22,24)(H,23,25). The number of carbonyl (C=O) groups excluding carboxylic acids is 2. The first-order valence-electron chi connectivity index (χ1n) is 8.10. The first-order valence-corrected chi connectivity index (χ1v) is 8.10. The van der Waals surface area contributed by atoms with E-state index >= 15 is 0 Å². The second-order valence-corrected chi connectivity index (χ2v) is 5.61. The lowest BCUT2D eigenvalue weighted by atomic mass is 10.1. The zero-order chi connectivity index (χ0) is 18.4. The summed E-state index contributed by atoms with van der Waals surface area (Å²) in [7, 11) is 0. The van der Waals surface area contributed by atoms with Crippen LogP contribution in [0.1, 0.15) is 26.5 Å². The average Bonchev–Trinajstić information content (AvgIpc) is 3.18. The zero-order valence-corrected chi connectivity index (χ0v) is 13.9. The van der Waals surface area contributed by atoms with Crippen molar-refractivity contribution in [2.24, 2.45) is 0 Å². The largest absolute Gasteiger partial charge is 0.459 e. The molecule has 0 unspecified atom stereocenters. The van der Waals surface area contributed by atoms with E-state index in [1.165, 1.54) is 18.4 Å². The number of amides is 2. The van der Waals surface area contributed by atoms with E-state index in [1.807, 2.05) is 0 Å². The van der Waals surface area contributed by atoms with Gasteiger partial charge in [-0.3, -0.25) is 9.59 Å². The minimum absolute atomic E-state index is 0.163. The number of para-hydroxylation sites is 1. The number of furan rings is 1. The Bertz CT molecular complexity index is 890. The molecular formula is C20H17FN2O3. The molecule has 26 heavy (non-hydrogen) atoms. The summed E-state index contributed by atoms with van der Waals surface area (Å²) < 4.78 is 17.9. The predicted molar refractivity (Wildman–Crippen MR) is 95.5 cm³/mol. The van der Waals surface area contributed by atoms with Crippen molar-refractivity contribution in [1.29, 1.82) is 0 Å². The number of hydrogen-bond donors (Lipinski definition) is 2. The van der Waals surface area contributed by atoms with Crippen LogP contribution in [0.4, 0.5) is 10.1 Å². The van der Waals surface area contributed by atoms with Gasteiger partial charge in [0.25, 0.3) is 11.8 Å². The maximum atomic E-state index is 12.9. The first-order chi connectivity index (χ1) is 12.6. The van der Waals surface area contributed by atoms with Crippen LogP contribution < -0.4 is 10.6 Å². The van der Waals surface area contributed by atoms with Crippen LogP contribution in [0.25, 0.3) is 0 Å². The molecule has 0 fully saturated rings. The molecule has 3 rings (SSSR count). The SMILES string of the molecule is O=C(Nc1ccccc1C(=O)NCCc1ccc(F)cc1)c1ccco1. The summed E-state index contributed by atoms with van der Waals surface area (Å²) in [6.45, 7) is 0.394. The second-order valence-electron chi connectivity index (χ2n) is 5.61. The molecule has 2 aromatic carbocycles. The van der Waals surface area contributed by atoms with Crippen molar-refractivity contribution in [3.05, 3.63) is 89.6 Å². The van der Waals surface area contributed by atoms with Crippen molar-refractivity contribution in [3.63, 3.8) is 0 Å². The summed E-state index contributed by atoms with van der Waals surface area (Å²) in [4.78, 5) is 24.5. The Kier molecular flexibility index (Phi) is 5.43. The van der Waals surface area contributed by atoms with Crippen LogP contribution in [-0.4, -0.2) is 18.4 Å². The van der Waals surface area contributed by atoms with E-state index in [1.54, 1.807) is 48.5 Å². The van der Waals surface area contributed by atoms with Gasteiger partial charge in [-0.25, -0.2) is 4.39 Å². The Morgan fingerprint density at radius 1 is 0.923 bits per heavy atom. The minimum atomic E-state index is -0.429. The second kappa shape index (κ2) is 8.11. The number of hydrogen-bond acceptors (Lipinski definition) is 3. The van der Waals surface area contributed by atoms with E-state index in [2.05, 4.69) is 10.6 Å². The Morgan fingerprint density at radius 2 is 1.69 bits per heavy atom. The fourth-order valence-corrected chi connectivity index (χ4v) is 2.45. The van der Waals surface area contributed by atoms with Crippen molar-refractivity contribution < 1.29 is 18.4 Å². The van der Waals surface area contributed by atoms with Crippen molar-refractivity contribution in [2.75, 3.05) is 11.9 Å². The lowest BCUT2D eigenvalue weighted by Gasteiger charge is -2.11. The maximum Gasteiger partial charge on any atom is 0.291 e. The van der Waals surface area contributed by atoms with E-state index in [9.17, 15) is 14.0 Å². The number of anilines is 1. The highest BCUT2D eigenvalue weighted by atomic mass is 19.1. The van der Waals surface area contributed by atoms with E-state index < -0.39 is 5.91 Å². The van der Waals surface area contributed by atoms with Gasteiger partial charge in [0.05, 0.1) is 17.5 Å². The number of halogens is 1. The number of rotatable bonds is 6. The third-order valence-electron chi connectivity index (χ3n) is 3.78. The maximum absolute atomic E-state index is 12.9. The average molecular weight is 352 g/mol. The zero-order valence-electron chi connectivity index (χ0n) is 13.9. The molecule has 0 bridgehead atoms.